The summed E-state index contributed by atoms with van der Waals surface area (Å²) in [6.07, 6.45) is 3.30. The molecule has 0 bridgehead atoms. The molecule has 15 heavy (non-hydrogen) atoms. The molecule has 2 rings (SSSR count). The summed E-state index contributed by atoms with van der Waals surface area (Å²) in [6, 6.07) is 1.42. The monoisotopic (exact) mass is 230 g/mol. The van der Waals surface area contributed by atoms with Gasteiger partial charge in [-0.15, -0.1) is 0 Å². The lowest BCUT2D eigenvalue weighted by Crippen LogP contribution is -2.45. The van der Waals surface area contributed by atoms with Crippen molar-refractivity contribution >= 4 is 10.0 Å². The van der Waals surface area contributed by atoms with E-state index in [2.05, 4.69) is 20.2 Å². The molecule has 84 valence electrons. The highest BCUT2D eigenvalue weighted by Crippen LogP contribution is 2.07. The van der Waals surface area contributed by atoms with Crippen LogP contribution in [0.4, 0.5) is 0 Å². The minimum atomic E-state index is -3.42. The number of nitrogens with zero attached hydrogens (tertiary/aromatic N) is 1. The van der Waals surface area contributed by atoms with Crippen molar-refractivity contribution in [2.75, 3.05) is 13.1 Å². The van der Waals surface area contributed by atoms with Crippen LogP contribution in [0.2, 0.25) is 0 Å². The highest BCUT2D eigenvalue weighted by atomic mass is 32.2. The standard InChI is InChI=1S/C8H14N4O2S/c13-15(14,8-3-5-10-11-8)12-7-2-1-4-9-6-7/h3,5,7,9,12H,1-2,4,6H2,(H,10,11)/t7-/m1/s1. The van der Waals surface area contributed by atoms with Crippen molar-refractivity contribution < 1.29 is 8.42 Å². The summed E-state index contributed by atoms with van der Waals surface area (Å²) in [6.45, 7) is 1.65. The second-order valence-corrected chi connectivity index (χ2v) is 5.27. The Morgan fingerprint density at radius 2 is 2.40 bits per heavy atom. The van der Waals surface area contributed by atoms with Crippen molar-refractivity contribution in [2.24, 2.45) is 0 Å². The number of hydrogen-bond donors (Lipinski definition) is 3. The van der Waals surface area contributed by atoms with E-state index < -0.39 is 10.0 Å². The lowest BCUT2D eigenvalue weighted by molar-refractivity contribution is 0.428. The molecular formula is C8H14N4O2S. The predicted octanol–water partition coefficient (Wildman–Crippen LogP) is -0.560. The lowest BCUT2D eigenvalue weighted by atomic mass is 10.1. The van der Waals surface area contributed by atoms with Crippen molar-refractivity contribution in [3.05, 3.63) is 12.3 Å². The molecular weight excluding hydrogens is 216 g/mol. The van der Waals surface area contributed by atoms with Gasteiger partial charge in [0.1, 0.15) is 0 Å². The molecule has 0 saturated carbocycles. The number of rotatable bonds is 3. The molecule has 2 heterocycles. The van der Waals surface area contributed by atoms with Crippen LogP contribution in [0.3, 0.4) is 0 Å². The molecule has 0 aromatic carbocycles. The van der Waals surface area contributed by atoms with E-state index in [1.54, 1.807) is 0 Å². The maximum atomic E-state index is 11.8. The largest absolute Gasteiger partial charge is 0.315 e. The van der Waals surface area contributed by atoms with Gasteiger partial charge in [0.15, 0.2) is 5.03 Å². The van der Waals surface area contributed by atoms with Gasteiger partial charge in [-0.2, -0.15) is 5.10 Å². The van der Waals surface area contributed by atoms with Crippen LogP contribution in [-0.4, -0.2) is 37.7 Å². The van der Waals surface area contributed by atoms with Crippen LogP contribution in [0.25, 0.3) is 0 Å². The van der Waals surface area contributed by atoms with E-state index in [4.69, 9.17) is 0 Å². The molecule has 1 aliphatic heterocycles. The topological polar surface area (TPSA) is 86.9 Å². The summed E-state index contributed by atoms with van der Waals surface area (Å²) in [4.78, 5) is 0. The Balaban J connectivity index is 2.04. The van der Waals surface area contributed by atoms with Gasteiger partial charge < -0.3 is 5.32 Å². The molecule has 0 radical (unpaired) electrons. The van der Waals surface area contributed by atoms with Crippen LogP contribution < -0.4 is 10.0 Å². The van der Waals surface area contributed by atoms with Crippen LogP contribution in [0.1, 0.15) is 12.8 Å². The Morgan fingerprint density at radius 3 is 3.00 bits per heavy atom. The van der Waals surface area contributed by atoms with Gasteiger partial charge in [-0.05, 0) is 25.5 Å². The summed E-state index contributed by atoms with van der Waals surface area (Å²) in [5.41, 5.74) is 0. The molecule has 0 unspecified atom stereocenters. The Hall–Kier alpha value is -0.920. The highest BCUT2D eigenvalue weighted by Gasteiger charge is 2.22. The van der Waals surface area contributed by atoms with Crippen molar-refractivity contribution in [3.63, 3.8) is 0 Å². The van der Waals surface area contributed by atoms with Gasteiger partial charge >= 0.3 is 0 Å². The molecule has 1 aliphatic rings. The third kappa shape index (κ3) is 2.55. The summed E-state index contributed by atoms with van der Waals surface area (Å²) < 4.78 is 26.1. The van der Waals surface area contributed by atoms with E-state index >= 15 is 0 Å². The van der Waals surface area contributed by atoms with E-state index in [9.17, 15) is 8.42 Å². The van der Waals surface area contributed by atoms with Gasteiger partial charge in [-0.3, -0.25) is 5.10 Å². The van der Waals surface area contributed by atoms with Crippen LogP contribution in [0, 0.1) is 0 Å². The van der Waals surface area contributed by atoms with Gasteiger partial charge in [0.05, 0.1) is 6.20 Å². The first kappa shape index (κ1) is 10.6. The summed E-state index contributed by atoms with van der Waals surface area (Å²) in [7, 11) is -3.42. The van der Waals surface area contributed by atoms with Crippen molar-refractivity contribution in [3.8, 4) is 0 Å². The van der Waals surface area contributed by atoms with E-state index in [1.165, 1.54) is 12.3 Å². The van der Waals surface area contributed by atoms with Gasteiger partial charge in [0.25, 0.3) is 10.0 Å². The first-order valence-electron chi connectivity index (χ1n) is 4.91. The number of hydrogen-bond acceptors (Lipinski definition) is 4. The zero-order valence-corrected chi connectivity index (χ0v) is 9.05. The van der Waals surface area contributed by atoms with Crippen LogP contribution in [-0.2, 0) is 10.0 Å². The molecule has 0 aliphatic carbocycles. The van der Waals surface area contributed by atoms with Gasteiger partial charge in [0, 0.05) is 12.6 Å². The average Bonchev–Trinajstić information content (AvgIpc) is 2.71. The number of aromatic amines is 1. The number of H-pyrrole nitrogens is 1. The van der Waals surface area contributed by atoms with E-state index in [1.807, 2.05) is 0 Å². The fraction of sp³-hybridized carbons (Fsp3) is 0.625. The fourth-order valence-corrected chi connectivity index (χ4v) is 2.81. The average molecular weight is 230 g/mol. The number of aromatic nitrogens is 2. The molecule has 3 N–H and O–H groups in total. The molecule has 1 aromatic rings. The summed E-state index contributed by atoms with van der Waals surface area (Å²) in [5, 5.41) is 9.34. The van der Waals surface area contributed by atoms with Crippen molar-refractivity contribution in [1.29, 1.82) is 0 Å². The number of sulfonamides is 1. The maximum Gasteiger partial charge on any atom is 0.257 e. The van der Waals surface area contributed by atoms with Gasteiger partial charge in [-0.25, -0.2) is 13.1 Å². The Labute approximate surface area is 88.5 Å². The normalized spacial score (nSPS) is 22.8. The molecule has 0 spiro atoms. The minimum Gasteiger partial charge on any atom is -0.315 e. The molecule has 6 nitrogen and oxygen atoms in total. The molecule has 7 heteroatoms. The van der Waals surface area contributed by atoms with Gasteiger partial charge in [0.2, 0.25) is 0 Å². The maximum absolute atomic E-state index is 11.8. The predicted molar refractivity (Wildman–Crippen MR) is 54.8 cm³/mol. The second-order valence-electron chi connectivity index (χ2n) is 3.59. The minimum absolute atomic E-state index is 0.0213. The second kappa shape index (κ2) is 4.30. The van der Waals surface area contributed by atoms with Crippen molar-refractivity contribution in [1.82, 2.24) is 20.2 Å². The first-order chi connectivity index (χ1) is 7.18. The SMILES string of the molecule is O=S(=O)(N[C@@H]1CCCNC1)c1ccn[nH]1. The van der Waals surface area contributed by atoms with E-state index in [0.717, 1.165) is 19.4 Å². The third-order valence-electron chi connectivity index (χ3n) is 2.38. The van der Waals surface area contributed by atoms with Crippen LogP contribution in [0.15, 0.2) is 17.3 Å². The lowest BCUT2D eigenvalue weighted by Gasteiger charge is -2.23. The quantitative estimate of drug-likeness (QED) is 0.649. The first-order valence-corrected chi connectivity index (χ1v) is 6.39. The molecule has 1 aromatic heterocycles. The number of piperidine rings is 1. The molecule has 1 fully saturated rings. The highest BCUT2D eigenvalue weighted by molar-refractivity contribution is 7.89. The Bertz CT molecular complexity index is 394. The smallest absolute Gasteiger partial charge is 0.257 e. The van der Waals surface area contributed by atoms with Crippen LogP contribution in [0.5, 0.6) is 0 Å². The van der Waals surface area contributed by atoms with E-state index in [0.29, 0.717) is 6.54 Å². The van der Waals surface area contributed by atoms with Crippen molar-refractivity contribution in [2.45, 2.75) is 23.9 Å². The fourth-order valence-electron chi connectivity index (χ4n) is 1.63. The zero-order chi connectivity index (χ0) is 10.7. The Kier molecular flexibility index (Phi) is 3.03. The molecule has 1 saturated heterocycles. The van der Waals surface area contributed by atoms with Crippen LogP contribution >= 0.6 is 0 Å². The Morgan fingerprint density at radius 1 is 1.53 bits per heavy atom. The molecule has 1 atom stereocenters. The van der Waals surface area contributed by atoms with Gasteiger partial charge in [-0.1, -0.05) is 0 Å². The number of nitrogens with one attached hydrogen (secondary N) is 3. The van der Waals surface area contributed by atoms with E-state index in [-0.39, 0.29) is 11.1 Å². The summed E-state index contributed by atoms with van der Waals surface area (Å²) in [5.74, 6) is 0. The third-order valence-corrected chi connectivity index (χ3v) is 3.83. The summed E-state index contributed by atoms with van der Waals surface area (Å²) >= 11 is 0. The zero-order valence-electron chi connectivity index (χ0n) is 8.23. The molecule has 0 amide bonds.